The molecule has 1 heterocycles. The van der Waals surface area contributed by atoms with Crippen molar-refractivity contribution >= 4 is 11.8 Å². The van der Waals surface area contributed by atoms with E-state index in [0.29, 0.717) is 5.41 Å². The summed E-state index contributed by atoms with van der Waals surface area (Å²) in [5, 5.41) is 13.4. The Hall–Kier alpha value is 0.230. The monoisotopic (exact) mass is 274 g/mol. The second kappa shape index (κ2) is 7.13. The molecule has 2 N–H and O–H groups in total. The van der Waals surface area contributed by atoms with Crippen LogP contribution in [0.1, 0.15) is 34.1 Å². The van der Waals surface area contributed by atoms with E-state index in [0.717, 1.165) is 38.4 Å². The summed E-state index contributed by atoms with van der Waals surface area (Å²) in [6.45, 7) is 13.5. The maximum atomic E-state index is 9.76. The second-order valence-electron chi connectivity index (χ2n) is 6.23. The van der Waals surface area contributed by atoms with Gasteiger partial charge in [-0.1, -0.05) is 27.7 Å². The molecule has 0 aromatic heterocycles. The minimum atomic E-state index is -0.0699. The first-order valence-electron chi connectivity index (χ1n) is 7.13. The maximum Gasteiger partial charge on any atom is 0.0621 e. The van der Waals surface area contributed by atoms with Gasteiger partial charge >= 0.3 is 0 Å². The van der Waals surface area contributed by atoms with Crippen molar-refractivity contribution in [1.29, 1.82) is 0 Å². The smallest absolute Gasteiger partial charge is 0.0621 e. The third kappa shape index (κ3) is 4.72. The van der Waals surface area contributed by atoms with Crippen LogP contribution in [0.5, 0.6) is 0 Å². The van der Waals surface area contributed by atoms with E-state index in [1.54, 1.807) is 0 Å². The molecule has 0 aromatic rings. The first-order chi connectivity index (χ1) is 8.47. The van der Waals surface area contributed by atoms with Crippen molar-refractivity contribution in [3.8, 4) is 0 Å². The number of aliphatic hydroxyl groups is 1. The van der Waals surface area contributed by atoms with Crippen molar-refractivity contribution in [2.75, 3.05) is 44.3 Å². The molecule has 1 rings (SSSR count). The van der Waals surface area contributed by atoms with E-state index >= 15 is 0 Å². The van der Waals surface area contributed by atoms with E-state index in [1.807, 2.05) is 11.8 Å². The Kier molecular flexibility index (Phi) is 6.45. The minimum absolute atomic E-state index is 0.0699. The lowest BCUT2D eigenvalue weighted by Gasteiger charge is -2.44. The van der Waals surface area contributed by atoms with Crippen LogP contribution in [0.15, 0.2) is 0 Å². The minimum Gasteiger partial charge on any atom is -0.394 e. The van der Waals surface area contributed by atoms with Gasteiger partial charge in [0.2, 0.25) is 0 Å². The van der Waals surface area contributed by atoms with E-state index in [4.69, 9.17) is 0 Å². The van der Waals surface area contributed by atoms with Crippen LogP contribution >= 0.6 is 11.8 Å². The molecule has 1 aliphatic rings. The van der Waals surface area contributed by atoms with Gasteiger partial charge in [-0.2, -0.15) is 11.8 Å². The zero-order valence-corrected chi connectivity index (χ0v) is 13.3. The fourth-order valence-corrected chi connectivity index (χ4v) is 4.27. The second-order valence-corrected chi connectivity index (χ2v) is 7.21. The molecule has 0 radical (unpaired) electrons. The van der Waals surface area contributed by atoms with Gasteiger partial charge in [0.25, 0.3) is 0 Å². The first kappa shape index (κ1) is 16.3. The van der Waals surface area contributed by atoms with Crippen LogP contribution in [-0.4, -0.2) is 59.8 Å². The van der Waals surface area contributed by atoms with Crippen molar-refractivity contribution in [3.63, 3.8) is 0 Å². The quantitative estimate of drug-likeness (QED) is 0.742. The SMILES string of the molecule is CCN(CC)CCNC1(CO)CSCC(C)(C)C1. The predicted molar refractivity (Wildman–Crippen MR) is 81.3 cm³/mol. The summed E-state index contributed by atoms with van der Waals surface area (Å²) in [5.74, 6) is 2.23. The van der Waals surface area contributed by atoms with Crippen LogP contribution in [0.2, 0.25) is 0 Å². The molecule has 1 fully saturated rings. The van der Waals surface area contributed by atoms with Gasteiger partial charge in [-0.15, -0.1) is 0 Å². The Morgan fingerprint density at radius 1 is 1.22 bits per heavy atom. The Bertz CT molecular complexity index is 244. The fraction of sp³-hybridized carbons (Fsp3) is 1.00. The van der Waals surface area contributed by atoms with E-state index in [1.165, 1.54) is 5.75 Å². The van der Waals surface area contributed by atoms with Crippen LogP contribution in [0.4, 0.5) is 0 Å². The maximum absolute atomic E-state index is 9.76. The summed E-state index contributed by atoms with van der Waals surface area (Å²) >= 11 is 1.97. The van der Waals surface area contributed by atoms with Crippen molar-refractivity contribution in [2.24, 2.45) is 5.41 Å². The highest BCUT2D eigenvalue weighted by atomic mass is 32.2. The Labute approximate surface area is 117 Å². The average Bonchev–Trinajstić information content (AvgIpc) is 2.33. The number of nitrogens with zero attached hydrogens (tertiary/aromatic N) is 1. The molecule has 108 valence electrons. The summed E-state index contributed by atoms with van der Waals surface area (Å²) in [5.41, 5.74) is 0.257. The summed E-state index contributed by atoms with van der Waals surface area (Å²) in [6.07, 6.45) is 1.07. The van der Waals surface area contributed by atoms with Gasteiger partial charge in [0.15, 0.2) is 0 Å². The van der Waals surface area contributed by atoms with Gasteiger partial charge in [-0.05, 0) is 30.7 Å². The Balaban J connectivity index is 2.45. The van der Waals surface area contributed by atoms with Crippen molar-refractivity contribution in [3.05, 3.63) is 0 Å². The first-order valence-corrected chi connectivity index (χ1v) is 8.28. The Morgan fingerprint density at radius 2 is 1.89 bits per heavy atom. The average molecular weight is 274 g/mol. The Morgan fingerprint density at radius 3 is 2.39 bits per heavy atom. The van der Waals surface area contributed by atoms with Crippen LogP contribution in [0.25, 0.3) is 0 Å². The molecule has 0 amide bonds. The van der Waals surface area contributed by atoms with Crippen LogP contribution in [-0.2, 0) is 0 Å². The topological polar surface area (TPSA) is 35.5 Å². The van der Waals surface area contributed by atoms with Crippen molar-refractivity contribution < 1.29 is 5.11 Å². The number of likely N-dealkylation sites (N-methyl/N-ethyl adjacent to an activating group) is 1. The van der Waals surface area contributed by atoms with Gasteiger partial charge < -0.3 is 15.3 Å². The number of rotatable bonds is 7. The van der Waals surface area contributed by atoms with Crippen molar-refractivity contribution in [2.45, 2.75) is 39.7 Å². The fourth-order valence-electron chi connectivity index (χ4n) is 2.83. The highest BCUT2D eigenvalue weighted by Gasteiger charge is 2.39. The molecule has 0 saturated carbocycles. The van der Waals surface area contributed by atoms with Crippen molar-refractivity contribution in [1.82, 2.24) is 10.2 Å². The molecule has 4 heteroatoms. The van der Waals surface area contributed by atoms with E-state index < -0.39 is 0 Å². The third-order valence-electron chi connectivity index (χ3n) is 3.81. The van der Waals surface area contributed by atoms with Crippen LogP contribution in [0.3, 0.4) is 0 Å². The zero-order valence-electron chi connectivity index (χ0n) is 12.5. The number of hydrogen-bond donors (Lipinski definition) is 2. The van der Waals surface area contributed by atoms with Gasteiger partial charge in [0.1, 0.15) is 0 Å². The largest absolute Gasteiger partial charge is 0.394 e. The zero-order chi connectivity index (χ0) is 13.6. The molecule has 1 unspecified atom stereocenters. The molecule has 1 saturated heterocycles. The summed E-state index contributed by atoms with van der Waals surface area (Å²) in [4.78, 5) is 2.42. The molecular formula is C14H30N2OS. The molecule has 0 aliphatic carbocycles. The molecular weight excluding hydrogens is 244 g/mol. The van der Waals surface area contributed by atoms with Gasteiger partial charge in [-0.25, -0.2) is 0 Å². The number of hydrogen-bond acceptors (Lipinski definition) is 4. The molecule has 1 atom stereocenters. The number of thioether (sulfide) groups is 1. The molecule has 0 spiro atoms. The standard InChI is InChI=1S/C14H30N2OS/c1-5-16(6-2)8-7-15-14(10-17)9-13(3,4)11-18-12-14/h15,17H,5-12H2,1-4H3. The number of aliphatic hydroxyl groups excluding tert-OH is 1. The molecule has 1 aliphatic heterocycles. The van der Waals surface area contributed by atoms with E-state index in [-0.39, 0.29) is 12.1 Å². The summed E-state index contributed by atoms with van der Waals surface area (Å²) in [7, 11) is 0. The number of nitrogens with one attached hydrogen (secondary N) is 1. The lowest BCUT2D eigenvalue weighted by molar-refractivity contribution is 0.124. The van der Waals surface area contributed by atoms with Crippen LogP contribution < -0.4 is 5.32 Å². The summed E-state index contributed by atoms with van der Waals surface area (Å²) < 4.78 is 0. The lowest BCUT2D eigenvalue weighted by atomic mass is 9.80. The van der Waals surface area contributed by atoms with Gasteiger partial charge in [0, 0.05) is 18.8 Å². The molecule has 0 bridgehead atoms. The molecule has 0 aromatic carbocycles. The van der Waals surface area contributed by atoms with Gasteiger partial charge in [-0.3, -0.25) is 0 Å². The van der Waals surface area contributed by atoms with Crippen LogP contribution in [0, 0.1) is 5.41 Å². The lowest BCUT2D eigenvalue weighted by Crippen LogP contribution is -2.57. The van der Waals surface area contributed by atoms with E-state index in [2.05, 4.69) is 37.9 Å². The molecule has 18 heavy (non-hydrogen) atoms. The third-order valence-corrected chi connectivity index (χ3v) is 5.56. The highest BCUT2D eigenvalue weighted by Crippen LogP contribution is 2.38. The molecule has 3 nitrogen and oxygen atoms in total. The summed E-state index contributed by atoms with van der Waals surface area (Å²) in [6, 6.07) is 0. The predicted octanol–water partition coefficient (Wildman–Crippen LogP) is 1.81. The highest BCUT2D eigenvalue weighted by molar-refractivity contribution is 7.99. The van der Waals surface area contributed by atoms with Gasteiger partial charge in [0.05, 0.1) is 12.1 Å². The van der Waals surface area contributed by atoms with E-state index in [9.17, 15) is 5.11 Å². The normalized spacial score (nSPS) is 27.7.